The smallest absolute Gasteiger partial charge is 0.0704 e. The highest BCUT2D eigenvalue weighted by Gasteiger charge is 2.19. The molecular formula is C13H27NO2. The molecule has 0 aromatic heterocycles. The summed E-state index contributed by atoms with van der Waals surface area (Å²) in [5.74, 6) is 0. The molecule has 0 saturated heterocycles. The SMILES string of the molecule is CCCCOCCOC(C)CCNC1CC1. The van der Waals surface area contributed by atoms with Crippen molar-refractivity contribution in [2.45, 2.75) is 58.1 Å². The molecule has 1 fully saturated rings. The summed E-state index contributed by atoms with van der Waals surface area (Å²) in [6.45, 7) is 7.74. The van der Waals surface area contributed by atoms with Gasteiger partial charge in [-0.25, -0.2) is 0 Å². The number of rotatable bonds is 11. The van der Waals surface area contributed by atoms with Crippen LogP contribution in [-0.2, 0) is 9.47 Å². The summed E-state index contributed by atoms with van der Waals surface area (Å²) in [7, 11) is 0. The zero-order valence-electron chi connectivity index (χ0n) is 10.8. The maximum atomic E-state index is 5.66. The fraction of sp³-hybridized carbons (Fsp3) is 1.00. The van der Waals surface area contributed by atoms with Crippen LogP contribution in [0.15, 0.2) is 0 Å². The van der Waals surface area contributed by atoms with Crippen molar-refractivity contribution in [3.05, 3.63) is 0 Å². The zero-order valence-corrected chi connectivity index (χ0v) is 10.8. The van der Waals surface area contributed by atoms with E-state index in [1.165, 1.54) is 19.3 Å². The molecule has 3 nitrogen and oxygen atoms in total. The van der Waals surface area contributed by atoms with Gasteiger partial charge in [0.1, 0.15) is 0 Å². The fourth-order valence-corrected chi connectivity index (χ4v) is 1.52. The van der Waals surface area contributed by atoms with Gasteiger partial charge in [-0.1, -0.05) is 13.3 Å². The maximum Gasteiger partial charge on any atom is 0.0704 e. The number of hydrogen-bond donors (Lipinski definition) is 1. The van der Waals surface area contributed by atoms with E-state index in [0.717, 1.165) is 45.2 Å². The third kappa shape index (κ3) is 8.08. The summed E-state index contributed by atoms with van der Waals surface area (Å²) in [4.78, 5) is 0. The van der Waals surface area contributed by atoms with Crippen LogP contribution in [0.5, 0.6) is 0 Å². The Balaban J connectivity index is 1.76. The molecule has 0 aliphatic heterocycles. The summed E-state index contributed by atoms with van der Waals surface area (Å²) in [5.41, 5.74) is 0. The number of ether oxygens (including phenoxy) is 2. The minimum Gasteiger partial charge on any atom is -0.379 e. The Bertz CT molecular complexity index is 160. The van der Waals surface area contributed by atoms with E-state index in [4.69, 9.17) is 9.47 Å². The van der Waals surface area contributed by atoms with Crippen molar-refractivity contribution in [1.29, 1.82) is 0 Å². The van der Waals surface area contributed by atoms with Gasteiger partial charge in [0.15, 0.2) is 0 Å². The second-order valence-electron chi connectivity index (χ2n) is 4.66. The van der Waals surface area contributed by atoms with Crippen LogP contribution in [0.4, 0.5) is 0 Å². The Morgan fingerprint density at radius 2 is 2.06 bits per heavy atom. The molecule has 1 atom stereocenters. The lowest BCUT2D eigenvalue weighted by atomic mass is 10.3. The van der Waals surface area contributed by atoms with Crippen molar-refractivity contribution in [1.82, 2.24) is 5.32 Å². The Hall–Kier alpha value is -0.120. The van der Waals surface area contributed by atoms with Crippen molar-refractivity contribution < 1.29 is 9.47 Å². The fourth-order valence-electron chi connectivity index (χ4n) is 1.52. The van der Waals surface area contributed by atoms with Crippen LogP contribution in [0.1, 0.15) is 46.0 Å². The molecule has 3 heteroatoms. The van der Waals surface area contributed by atoms with Crippen LogP contribution in [0.3, 0.4) is 0 Å². The van der Waals surface area contributed by atoms with Gasteiger partial charge in [-0.15, -0.1) is 0 Å². The molecule has 0 aromatic rings. The average Bonchev–Trinajstić information content (AvgIpc) is 3.07. The highest BCUT2D eigenvalue weighted by Crippen LogP contribution is 2.18. The number of nitrogens with one attached hydrogen (secondary N) is 1. The lowest BCUT2D eigenvalue weighted by molar-refractivity contribution is 0.00887. The summed E-state index contributed by atoms with van der Waals surface area (Å²) in [6, 6.07) is 0.810. The van der Waals surface area contributed by atoms with E-state index < -0.39 is 0 Å². The Morgan fingerprint density at radius 3 is 2.75 bits per heavy atom. The van der Waals surface area contributed by atoms with Gasteiger partial charge in [0.2, 0.25) is 0 Å². The largest absolute Gasteiger partial charge is 0.379 e. The van der Waals surface area contributed by atoms with E-state index >= 15 is 0 Å². The van der Waals surface area contributed by atoms with Crippen LogP contribution >= 0.6 is 0 Å². The van der Waals surface area contributed by atoms with Gasteiger partial charge >= 0.3 is 0 Å². The first kappa shape index (κ1) is 13.9. The molecule has 0 spiro atoms. The van der Waals surface area contributed by atoms with Gasteiger partial charge in [-0.3, -0.25) is 0 Å². The van der Waals surface area contributed by atoms with Crippen molar-refractivity contribution in [2.24, 2.45) is 0 Å². The third-order valence-electron chi connectivity index (χ3n) is 2.83. The van der Waals surface area contributed by atoms with Gasteiger partial charge in [0.05, 0.1) is 19.3 Å². The first-order chi connectivity index (χ1) is 7.83. The molecule has 16 heavy (non-hydrogen) atoms. The first-order valence-electron chi connectivity index (χ1n) is 6.75. The zero-order chi connectivity index (χ0) is 11.6. The summed E-state index contributed by atoms with van der Waals surface area (Å²) < 4.78 is 11.1. The molecule has 1 unspecified atom stereocenters. The highest BCUT2D eigenvalue weighted by molar-refractivity contribution is 4.80. The first-order valence-corrected chi connectivity index (χ1v) is 6.75. The minimum atomic E-state index is 0.348. The summed E-state index contributed by atoms with van der Waals surface area (Å²) in [6.07, 6.45) is 6.53. The molecule has 1 saturated carbocycles. The molecule has 1 aliphatic carbocycles. The molecule has 96 valence electrons. The topological polar surface area (TPSA) is 30.5 Å². The van der Waals surface area contributed by atoms with Crippen LogP contribution in [0.25, 0.3) is 0 Å². The van der Waals surface area contributed by atoms with Gasteiger partial charge in [-0.2, -0.15) is 0 Å². The number of unbranched alkanes of at least 4 members (excludes halogenated alkanes) is 1. The summed E-state index contributed by atoms with van der Waals surface area (Å²) >= 11 is 0. The van der Waals surface area contributed by atoms with Crippen LogP contribution in [0.2, 0.25) is 0 Å². The summed E-state index contributed by atoms with van der Waals surface area (Å²) in [5, 5.41) is 3.49. The molecule has 0 aromatic carbocycles. The maximum absolute atomic E-state index is 5.66. The quantitative estimate of drug-likeness (QED) is 0.552. The van der Waals surface area contributed by atoms with E-state index in [0.29, 0.717) is 6.10 Å². The Morgan fingerprint density at radius 1 is 1.25 bits per heavy atom. The monoisotopic (exact) mass is 229 g/mol. The third-order valence-corrected chi connectivity index (χ3v) is 2.83. The minimum absolute atomic E-state index is 0.348. The van der Waals surface area contributed by atoms with Crippen molar-refractivity contribution in [3.8, 4) is 0 Å². The van der Waals surface area contributed by atoms with Crippen LogP contribution < -0.4 is 5.32 Å². The average molecular weight is 229 g/mol. The molecule has 1 aliphatic rings. The van der Waals surface area contributed by atoms with E-state index in [9.17, 15) is 0 Å². The molecule has 1 N–H and O–H groups in total. The lowest BCUT2D eigenvalue weighted by Gasteiger charge is -2.13. The van der Waals surface area contributed by atoms with E-state index in [-0.39, 0.29) is 0 Å². The predicted octanol–water partition coefficient (Wildman–Crippen LogP) is 2.35. The van der Waals surface area contributed by atoms with Gasteiger partial charge in [-0.05, 0) is 39.2 Å². The Kier molecular flexibility index (Phi) is 7.81. The Labute approximate surface area is 99.9 Å². The van der Waals surface area contributed by atoms with Crippen molar-refractivity contribution in [2.75, 3.05) is 26.4 Å². The molecule has 0 heterocycles. The van der Waals surface area contributed by atoms with Gasteiger partial charge < -0.3 is 14.8 Å². The van der Waals surface area contributed by atoms with Gasteiger partial charge in [0, 0.05) is 12.6 Å². The molecule has 0 amide bonds. The normalized spacial score (nSPS) is 17.6. The highest BCUT2D eigenvalue weighted by atomic mass is 16.5. The van der Waals surface area contributed by atoms with Gasteiger partial charge in [0.25, 0.3) is 0 Å². The van der Waals surface area contributed by atoms with Crippen LogP contribution in [-0.4, -0.2) is 38.5 Å². The molecule has 0 radical (unpaired) electrons. The van der Waals surface area contributed by atoms with Crippen molar-refractivity contribution in [3.63, 3.8) is 0 Å². The predicted molar refractivity (Wildman–Crippen MR) is 66.8 cm³/mol. The lowest BCUT2D eigenvalue weighted by Crippen LogP contribution is -2.23. The van der Waals surface area contributed by atoms with E-state index in [1.807, 2.05) is 0 Å². The number of hydrogen-bond acceptors (Lipinski definition) is 3. The second kappa shape index (κ2) is 8.97. The second-order valence-corrected chi connectivity index (χ2v) is 4.66. The van der Waals surface area contributed by atoms with E-state index in [2.05, 4.69) is 19.2 Å². The van der Waals surface area contributed by atoms with Crippen molar-refractivity contribution >= 4 is 0 Å². The molecular weight excluding hydrogens is 202 g/mol. The van der Waals surface area contributed by atoms with E-state index in [1.54, 1.807) is 0 Å². The standard InChI is InChI=1S/C13H27NO2/c1-3-4-9-15-10-11-16-12(2)7-8-14-13-5-6-13/h12-14H,3-11H2,1-2H3. The molecule has 0 bridgehead atoms. The molecule has 1 rings (SSSR count). The van der Waals surface area contributed by atoms with Crippen LogP contribution in [0, 0.1) is 0 Å².